The van der Waals surface area contributed by atoms with E-state index in [-0.39, 0.29) is 11.4 Å². The van der Waals surface area contributed by atoms with Gasteiger partial charge in [0.1, 0.15) is 11.6 Å². The summed E-state index contributed by atoms with van der Waals surface area (Å²) in [6, 6.07) is 12.8. The molecule has 0 spiro atoms. The lowest BCUT2D eigenvalue weighted by Gasteiger charge is -2.10. The van der Waals surface area contributed by atoms with Crippen molar-refractivity contribution in [2.45, 2.75) is 6.18 Å². The van der Waals surface area contributed by atoms with Crippen molar-refractivity contribution in [3.63, 3.8) is 0 Å². The smallest absolute Gasteiger partial charge is 0.354 e. The number of hydrogen-bond acceptors (Lipinski definition) is 3. The van der Waals surface area contributed by atoms with E-state index >= 15 is 0 Å². The van der Waals surface area contributed by atoms with Crippen molar-refractivity contribution < 1.29 is 22.4 Å². The molecule has 0 atom stereocenters. The Hall–Kier alpha value is -3.42. The molecule has 0 unspecified atom stereocenters. The highest BCUT2D eigenvalue weighted by atomic mass is 19.4. The van der Waals surface area contributed by atoms with Crippen LogP contribution < -0.4 is 10.6 Å². The van der Waals surface area contributed by atoms with Crippen molar-refractivity contribution in [3.8, 4) is 0 Å². The molecule has 3 rings (SSSR count). The number of benzene rings is 2. The normalized spacial score (nSPS) is 11.1. The fourth-order valence-electron chi connectivity index (χ4n) is 2.24. The second-order valence-electron chi connectivity index (χ2n) is 5.59. The standard InChI is InChI=1S/C19H13F4N3O/c20-14-5-1-12(2-6-14)18(27)26-17-10-9-16(11-24-17)25-15-7-3-13(4-8-15)19(21,22)23/h1-11,25H,(H,24,26,27). The maximum absolute atomic E-state index is 12.9. The van der Waals surface area contributed by atoms with Gasteiger partial charge in [-0.15, -0.1) is 0 Å². The van der Waals surface area contributed by atoms with Crippen LogP contribution in [-0.4, -0.2) is 10.9 Å². The van der Waals surface area contributed by atoms with E-state index in [1.54, 1.807) is 6.07 Å². The van der Waals surface area contributed by atoms with E-state index in [2.05, 4.69) is 15.6 Å². The molecule has 0 fully saturated rings. The van der Waals surface area contributed by atoms with Crippen LogP contribution in [0.25, 0.3) is 0 Å². The number of halogens is 4. The van der Waals surface area contributed by atoms with Gasteiger partial charge in [-0.05, 0) is 60.7 Å². The first-order valence-corrected chi connectivity index (χ1v) is 7.78. The Bertz CT molecular complexity index is 921. The average molecular weight is 375 g/mol. The molecule has 0 saturated carbocycles. The largest absolute Gasteiger partial charge is 0.416 e. The molecular weight excluding hydrogens is 362 g/mol. The molecule has 138 valence electrons. The maximum atomic E-state index is 12.9. The van der Waals surface area contributed by atoms with Gasteiger partial charge in [0.25, 0.3) is 5.91 Å². The fourth-order valence-corrected chi connectivity index (χ4v) is 2.24. The number of nitrogens with zero attached hydrogens (tertiary/aromatic N) is 1. The lowest BCUT2D eigenvalue weighted by atomic mass is 10.2. The molecule has 4 nitrogen and oxygen atoms in total. The molecule has 0 saturated heterocycles. The molecule has 0 aliphatic heterocycles. The molecule has 2 N–H and O–H groups in total. The summed E-state index contributed by atoms with van der Waals surface area (Å²) in [6.45, 7) is 0. The first-order valence-electron chi connectivity index (χ1n) is 7.78. The third-order valence-electron chi connectivity index (χ3n) is 3.61. The number of carbonyl (C=O) groups excluding carboxylic acids is 1. The van der Waals surface area contributed by atoms with Crippen molar-refractivity contribution >= 4 is 23.1 Å². The van der Waals surface area contributed by atoms with Crippen LogP contribution in [0.3, 0.4) is 0 Å². The van der Waals surface area contributed by atoms with Crippen molar-refractivity contribution in [2.75, 3.05) is 10.6 Å². The minimum Gasteiger partial charge on any atom is -0.354 e. The number of hydrogen-bond donors (Lipinski definition) is 2. The van der Waals surface area contributed by atoms with Crippen molar-refractivity contribution in [1.29, 1.82) is 0 Å². The lowest BCUT2D eigenvalue weighted by molar-refractivity contribution is -0.137. The number of nitrogens with one attached hydrogen (secondary N) is 2. The topological polar surface area (TPSA) is 54.0 Å². The molecule has 1 amide bonds. The molecule has 1 heterocycles. The minimum absolute atomic E-state index is 0.280. The number of anilines is 3. The first kappa shape index (κ1) is 18.4. The molecule has 0 aliphatic rings. The molecule has 27 heavy (non-hydrogen) atoms. The third kappa shape index (κ3) is 4.81. The minimum atomic E-state index is -4.38. The van der Waals surface area contributed by atoms with Gasteiger partial charge in [0.2, 0.25) is 0 Å². The van der Waals surface area contributed by atoms with Crippen molar-refractivity contribution in [1.82, 2.24) is 4.98 Å². The Kier molecular flexibility index (Phi) is 5.07. The summed E-state index contributed by atoms with van der Waals surface area (Å²) in [7, 11) is 0. The van der Waals surface area contributed by atoms with Crippen LogP contribution in [-0.2, 0) is 6.18 Å². The molecule has 0 bridgehead atoms. The second-order valence-corrected chi connectivity index (χ2v) is 5.59. The van der Waals surface area contributed by atoms with Crippen molar-refractivity contribution in [2.24, 2.45) is 0 Å². The summed E-state index contributed by atoms with van der Waals surface area (Å²) in [6.07, 6.45) is -2.96. The maximum Gasteiger partial charge on any atom is 0.416 e. The van der Waals surface area contributed by atoms with Crippen LogP contribution >= 0.6 is 0 Å². The summed E-state index contributed by atoms with van der Waals surface area (Å²) < 4.78 is 50.5. The Morgan fingerprint density at radius 2 is 1.48 bits per heavy atom. The molecule has 0 radical (unpaired) electrons. The highest BCUT2D eigenvalue weighted by Crippen LogP contribution is 2.30. The number of pyridine rings is 1. The second kappa shape index (κ2) is 7.45. The number of alkyl halides is 3. The summed E-state index contributed by atoms with van der Waals surface area (Å²) >= 11 is 0. The van der Waals surface area contributed by atoms with Gasteiger partial charge >= 0.3 is 6.18 Å². The first-order chi connectivity index (χ1) is 12.8. The van der Waals surface area contributed by atoms with E-state index in [0.717, 1.165) is 12.1 Å². The SMILES string of the molecule is O=C(Nc1ccc(Nc2ccc(C(F)(F)F)cc2)cn1)c1ccc(F)cc1. The number of rotatable bonds is 4. The summed E-state index contributed by atoms with van der Waals surface area (Å²) in [4.78, 5) is 16.1. The van der Waals surface area contributed by atoms with E-state index < -0.39 is 23.5 Å². The molecule has 2 aromatic carbocycles. The van der Waals surface area contributed by atoms with Gasteiger partial charge in [-0.1, -0.05) is 0 Å². The lowest BCUT2D eigenvalue weighted by Crippen LogP contribution is -2.12. The fraction of sp³-hybridized carbons (Fsp3) is 0.0526. The van der Waals surface area contributed by atoms with E-state index in [0.29, 0.717) is 11.4 Å². The van der Waals surface area contributed by atoms with Crippen LogP contribution in [0.15, 0.2) is 66.9 Å². The summed E-state index contributed by atoms with van der Waals surface area (Å²) in [5, 5.41) is 5.48. The number of amides is 1. The molecular formula is C19H13F4N3O. The quantitative estimate of drug-likeness (QED) is 0.614. The Balaban J connectivity index is 1.63. The Morgan fingerprint density at radius 3 is 2.04 bits per heavy atom. The van der Waals surface area contributed by atoms with Crippen LogP contribution in [0, 0.1) is 5.82 Å². The monoisotopic (exact) mass is 375 g/mol. The molecule has 1 aromatic heterocycles. The molecule has 8 heteroatoms. The highest BCUT2D eigenvalue weighted by molar-refractivity contribution is 6.03. The average Bonchev–Trinajstić information content (AvgIpc) is 2.63. The van der Waals surface area contributed by atoms with Crippen LogP contribution in [0.5, 0.6) is 0 Å². The van der Waals surface area contributed by atoms with Gasteiger partial charge in [-0.2, -0.15) is 13.2 Å². The van der Waals surface area contributed by atoms with E-state index in [1.165, 1.54) is 48.7 Å². The van der Waals surface area contributed by atoms with Gasteiger partial charge in [0.15, 0.2) is 0 Å². The van der Waals surface area contributed by atoms with Crippen LogP contribution in [0.2, 0.25) is 0 Å². The summed E-state index contributed by atoms with van der Waals surface area (Å²) in [5.74, 6) is -0.600. The Morgan fingerprint density at radius 1 is 0.852 bits per heavy atom. The predicted molar refractivity (Wildman–Crippen MR) is 93.3 cm³/mol. The van der Waals surface area contributed by atoms with Gasteiger partial charge in [-0.3, -0.25) is 4.79 Å². The zero-order valence-electron chi connectivity index (χ0n) is 13.7. The van der Waals surface area contributed by atoms with Gasteiger partial charge in [0, 0.05) is 11.3 Å². The zero-order valence-corrected chi connectivity index (χ0v) is 13.7. The third-order valence-corrected chi connectivity index (χ3v) is 3.61. The Labute approximate surface area is 151 Å². The van der Waals surface area contributed by atoms with E-state index in [4.69, 9.17) is 0 Å². The molecule has 0 aliphatic carbocycles. The zero-order chi connectivity index (χ0) is 19.4. The van der Waals surface area contributed by atoms with Gasteiger partial charge in [0.05, 0.1) is 17.4 Å². The van der Waals surface area contributed by atoms with Crippen LogP contribution in [0.1, 0.15) is 15.9 Å². The van der Waals surface area contributed by atoms with E-state index in [9.17, 15) is 22.4 Å². The van der Waals surface area contributed by atoms with E-state index in [1.807, 2.05) is 0 Å². The molecule has 3 aromatic rings. The predicted octanol–water partition coefficient (Wildman–Crippen LogP) is 5.24. The number of aromatic nitrogens is 1. The van der Waals surface area contributed by atoms with Crippen molar-refractivity contribution in [3.05, 3.63) is 83.8 Å². The van der Waals surface area contributed by atoms with Crippen LogP contribution in [0.4, 0.5) is 34.8 Å². The highest BCUT2D eigenvalue weighted by Gasteiger charge is 2.29. The summed E-state index contributed by atoms with van der Waals surface area (Å²) in [5.41, 5.74) is 0.553. The van der Waals surface area contributed by atoms with Gasteiger partial charge < -0.3 is 10.6 Å². The van der Waals surface area contributed by atoms with Gasteiger partial charge in [-0.25, -0.2) is 9.37 Å². The number of carbonyl (C=O) groups is 1.